The van der Waals surface area contributed by atoms with E-state index in [1.54, 1.807) is 4.90 Å². The predicted molar refractivity (Wildman–Crippen MR) is 59.9 cm³/mol. The van der Waals surface area contributed by atoms with E-state index >= 15 is 0 Å². The Kier molecular flexibility index (Phi) is 3.43. The summed E-state index contributed by atoms with van der Waals surface area (Å²) < 4.78 is 0. The van der Waals surface area contributed by atoms with Gasteiger partial charge in [-0.05, 0) is 26.4 Å². The summed E-state index contributed by atoms with van der Waals surface area (Å²) in [4.78, 5) is 28.5. The topological polar surface area (TPSA) is 43.9 Å². The maximum atomic E-state index is 12.2. The molecule has 2 fully saturated rings. The fraction of sp³-hybridized carbons (Fsp3) is 0.818. The Balaban J connectivity index is 1.88. The molecular weight excluding hydrogens is 206 g/mol. The van der Waals surface area contributed by atoms with Gasteiger partial charge in [-0.15, -0.1) is 0 Å². The Labute approximate surface area is 96.0 Å². The number of likely N-dealkylation sites (N-methyl/N-ethyl adjacent to an activating group) is 1. The van der Waals surface area contributed by atoms with Gasteiger partial charge in [-0.3, -0.25) is 14.5 Å². The molecule has 0 radical (unpaired) electrons. The predicted octanol–water partition coefficient (Wildman–Crippen LogP) is -0.619. The van der Waals surface area contributed by atoms with Crippen LogP contribution >= 0.6 is 0 Å². The summed E-state index contributed by atoms with van der Waals surface area (Å²) in [6.07, 6.45) is 2.95. The van der Waals surface area contributed by atoms with Gasteiger partial charge in [0.1, 0.15) is 0 Å². The van der Waals surface area contributed by atoms with Gasteiger partial charge in [0.15, 0.2) is 0 Å². The third kappa shape index (κ3) is 2.19. The van der Waals surface area contributed by atoms with Crippen molar-refractivity contribution in [2.45, 2.75) is 18.9 Å². The number of hydrogen-bond acceptors (Lipinski definition) is 3. The lowest BCUT2D eigenvalue weighted by atomic mass is 10.2. The van der Waals surface area contributed by atoms with E-state index in [1.807, 2.05) is 11.9 Å². The van der Waals surface area contributed by atoms with Crippen molar-refractivity contribution in [3.8, 4) is 0 Å². The Bertz CT molecular complexity index is 274. The molecule has 0 aromatic heterocycles. The van der Waals surface area contributed by atoms with Gasteiger partial charge in [0.05, 0.1) is 6.04 Å². The van der Waals surface area contributed by atoms with Crippen molar-refractivity contribution in [1.82, 2.24) is 14.7 Å². The van der Waals surface area contributed by atoms with Crippen LogP contribution in [0.3, 0.4) is 0 Å². The average Bonchev–Trinajstić information content (AvgIpc) is 2.75. The molecule has 0 aromatic rings. The molecule has 0 N–H and O–H groups in total. The largest absolute Gasteiger partial charge is 0.342 e. The number of carbonyl (C=O) groups excluding carboxylic acids is 2. The van der Waals surface area contributed by atoms with Gasteiger partial charge in [-0.2, -0.15) is 0 Å². The lowest BCUT2D eigenvalue weighted by Gasteiger charge is -2.35. The number of rotatable bonds is 2. The van der Waals surface area contributed by atoms with E-state index in [4.69, 9.17) is 0 Å². The Morgan fingerprint density at radius 2 is 1.88 bits per heavy atom. The molecule has 0 aromatic carbocycles. The molecule has 0 bridgehead atoms. The van der Waals surface area contributed by atoms with Gasteiger partial charge in [0.2, 0.25) is 12.3 Å². The minimum Gasteiger partial charge on any atom is -0.342 e. The van der Waals surface area contributed by atoms with Crippen molar-refractivity contribution in [3.63, 3.8) is 0 Å². The van der Waals surface area contributed by atoms with Crippen LogP contribution in [-0.4, -0.2) is 72.8 Å². The van der Waals surface area contributed by atoms with Crippen molar-refractivity contribution in [3.05, 3.63) is 0 Å². The quantitative estimate of drug-likeness (QED) is 0.588. The van der Waals surface area contributed by atoms with Crippen LogP contribution in [0.1, 0.15) is 12.8 Å². The van der Waals surface area contributed by atoms with Crippen molar-refractivity contribution in [2.24, 2.45) is 0 Å². The second kappa shape index (κ2) is 4.82. The minimum absolute atomic E-state index is 0.0720. The molecule has 1 unspecified atom stereocenters. The lowest BCUT2D eigenvalue weighted by Crippen LogP contribution is -2.52. The molecule has 2 aliphatic rings. The highest BCUT2D eigenvalue weighted by atomic mass is 16.2. The monoisotopic (exact) mass is 225 g/mol. The van der Waals surface area contributed by atoms with Crippen molar-refractivity contribution in [1.29, 1.82) is 0 Å². The molecule has 5 heteroatoms. The Morgan fingerprint density at radius 1 is 1.19 bits per heavy atom. The van der Waals surface area contributed by atoms with Crippen molar-refractivity contribution < 1.29 is 9.59 Å². The van der Waals surface area contributed by atoms with E-state index in [1.165, 1.54) is 0 Å². The Morgan fingerprint density at radius 3 is 2.38 bits per heavy atom. The molecule has 16 heavy (non-hydrogen) atoms. The van der Waals surface area contributed by atoms with Crippen LogP contribution in [0.25, 0.3) is 0 Å². The standard InChI is InChI=1S/C11H19N3O2/c1-12-4-2-3-10(12)11(16)14-7-5-13(9-15)6-8-14/h9-10H,2-8H2,1H3. The summed E-state index contributed by atoms with van der Waals surface area (Å²) in [5.41, 5.74) is 0. The first-order valence-corrected chi connectivity index (χ1v) is 5.91. The molecule has 90 valence electrons. The van der Waals surface area contributed by atoms with Crippen LogP contribution in [0.2, 0.25) is 0 Å². The number of piperazine rings is 1. The van der Waals surface area contributed by atoms with Crippen LogP contribution < -0.4 is 0 Å². The summed E-state index contributed by atoms with van der Waals surface area (Å²) in [5, 5.41) is 0. The van der Waals surface area contributed by atoms with E-state index in [2.05, 4.69) is 4.90 Å². The third-order valence-corrected chi connectivity index (χ3v) is 3.58. The van der Waals surface area contributed by atoms with E-state index in [0.717, 1.165) is 25.8 Å². The highest BCUT2D eigenvalue weighted by molar-refractivity contribution is 5.82. The zero-order valence-electron chi connectivity index (χ0n) is 9.76. The van der Waals surface area contributed by atoms with Gasteiger partial charge in [0, 0.05) is 26.2 Å². The summed E-state index contributed by atoms with van der Waals surface area (Å²) in [7, 11) is 2.01. The highest BCUT2D eigenvalue weighted by Gasteiger charge is 2.32. The van der Waals surface area contributed by atoms with Crippen LogP contribution in [0.4, 0.5) is 0 Å². The first-order valence-electron chi connectivity index (χ1n) is 5.91. The molecule has 2 aliphatic heterocycles. The second-order valence-corrected chi connectivity index (χ2v) is 4.61. The third-order valence-electron chi connectivity index (χ3n) is 3.58. The first-order chi connectivity index (χ1) is 7.72. The Hall–Kier alpha value is -1.10. The molecule has 2 amide bonds. The molecular formula is C11H19N3O2. The molecule has 0 saturated carbocycles. The van der Waals surface area contributed by atoms with Gasteiger partial charge < -0.3 is 9.80 Å². The van der Waals surface area contributed by atoms with Gasteiger partial charge in [0.25, 0.3) is 0 Å². The van der Waals surface area contributed by atoms with Crippen LogP contribution in [0.5, 0.6) is 0 Å². The van der Waals surface area contributed by atoms with Crippen LogP contribution in [0.15, 0.2) is 0 Å². The maximum Gasteiger partial charge on any atom is 0.240 e. The number of hydrogen-bond donors (Lipinski definition) is 0. The summed E-state index contributed by atoms with van der Waals surface area (Å²) in [6.45, 7) is 3.73. The average molecular weight is 225 g/mol. The SMILES string of the molecule is CN1CCCC1C(=O)N1CCN(C=O)CC1. The zero-order valence-corrected chi connectivity index (χ0v) is 9.76. The number of nitrogens with zero attached hydrogens (tertiary/aromatic N) is 3. The molecule has 0 spiro atoms. The van der Waals surface area contributed by atoms with Crippen molar-refractivity contribution in [2.75, 3.05) is 39.8 Å². The molecule has 2 saturated heterocycles. The molecule has 2 heterocycles. The van der Waals surface area contributed by atoms with Gasteiger partial charge in [-0.1, -0.05) is 0 Å². The van der Waals surface area contributed by atoms with Gasteiger partial charge >= 0.3 is 0 Å². The van der Waals surface area contributed by atoms with E-state index < -0.39 is 0 Å². The summed E-state index contributed by atoms with van der Waals surface area (Å²) >= 11 is 0. The van der Waals surface area contributed by atoms with Crippen LogP contribution in [0, 0.1) is 0 Å². The van der Waals surface area contributed by atoms with Gasteiger partial charge in [-0.25, -0.2) is 0 Å². The van der Waals surface area contributed by atoms with Crippen LogP contribution in [-0.2, 0) is 9.59 Å². The first kappa shape index (κ1) is 11.4. The number of likely N-dealkylation sites (tertiary alicyclic amines) is 1. The molecule has 5 nitrogen and oxygen atoms in total. The smallest absolute Gasteiger partial charge is 0.240 e. The van der Waals surface area contributed by atoms with E-state index in [0.29, 0.717) is 26.2 Å². The highest BCUT2D eigenvalue weighted by Crippen LogP contribution is 2.17. The molecule has 1 atom stereocenters. The fourth-order valence-electron chi connectivity index (χ4n) is 2.48. The molecule has 0 aliphatic carbocycles. The number of carbonyl (C=O) groups is 2. The normalized spacial score (nSPS) is 27.2. The fourth-order valence-corrected chi connectivity index (χ4v) is 2.48. The second-order valence-electron chi connectivity index (χ2n) is 4.61. The van der Waals surface area contributed by atoms with E-state index in [9.17, 15) is 9.59 Å². The maximum absolute atomic E-state index is 12.2. The van der Waals surface area contributed by atoms with E-state index in [-0.39, 0.29) is 11.9 Å². The summed E-state index contributed by atoms with van der Waals surface area (Å²) in [6, 6.07) is 0.0720. The lowest BCUT2D eigenvalue weighted by molar-refractivity contribution is -0.139. The minimum atomic E-state index is 0.0720. The number of amides is 2. The molecule has 2 rings (SSSR count). The summed E-state index contributed by atoms with van der Waals surface area (Å²) in [5.74, 6) is 0.241. The van der Waals surface area contributed by atoms with Crippen molar-refractivity contribution >= 4 is 12.3 Å². The zero-order chi connectivity index (χ0) is 11.5.